The molecule has 0 unspecified atom stereocenters. The number of aryl methyl sites for hydroxylation is 2. The zero-order chi connectivity index (χ0) is 17.6. The summed E-state index contributed by atoms with van der Waals surface area (Å²) in [6.07, 6.45) is 0. The van der Waals surface area contributed by atoms with E-state index in [0.717, 1.165) is 32.7 Å². The summed E-state index contributed by atoms with van der Waals surface area (Å²) in [6, 6.07) is 18.8. The van der Waals surface area contributed by atoms with Crippen LogP contribution in [0.4, 0.5) is 0 Å². The second kappa shape index (κ2) is 5.83. The second-order valence-corrected chi connectivity index (χ2v) is 7.12. The molecule has 0 bridgehead atoms. The van der Waals surface area contributed by atoms with Gasteiger partial charge in [-0.15, -0.1) is 0 Å². The largest absolute Gasteiger partial charge is 0.508 e. The van der Waals surface area contributed by atoms with Crippen molar-refractivity contribution in [2.75, 3.05) is 0 Å². The van der Waals surface area contributed by atoms with Crippen LogP contribution in [-0.4, -0.2) is 10.2 Å². The molecular weight excluding hydrogens is 332 g/mol. The number of rotatable bonds is 2. The number of hydrogen-bond acceptors (Lipinski definition) is 4. The van der Waals surface area contributed by atoms with Crippen molar-refractivity contribution in [3.8, 4) is 11.5 Å². The van der Waals surface area contributed by atoms with Crippen molar-refractivity contribution in [2.24, 2.45) is 0 Å². The molecule has 126 valence electrons. The third-order valence-electron chi connectivity index (χ3n) is 4.70. The van der Waals surface area contributed by atoms with Gasteiger partial charge in [-0.3, -0.25) is 4.18 Å². The van der Waals surface area contributed by atoms with E-state index >= 15 is 0 Å². The van der Waals surface area contributed by atoms with E-state index in [9.17, 15) is 10.2 Å². The van der Waals surface area contributed by atoms with Crippen molar-refractivity contribution < 1.29 is 14.4 Å². The average Bonchev–Trinajstić information content (AvgIpc) is 2.95. The maximum absolute atomic E-state index is 9.84. The lowest BCUT2D eigenvalue weighted by Crippen LogP contribution is -2.29. The second-order valence-electron chi connectivity index (χ2n) is 6.34. The molecule has 1 aliphatic heterocycles. The van der Waals surface area contributed by atoms with Crippen molar-refractivity contribution in [1.29, 1.82) is 0 Å². The Hall–Kier alpha value is -2.43. The molecule has 0 radical (unpaired) electrons. The lowest BCUT2D eigenvalue weighted by molar-refractivity contribution is 0.202. The Kier molecular flexibility index (Phi) is 3.74. The van der Waals surface area contributed by atoms with Crippen LogP contribution in [-0.2, 0) is 9.78 Å². The third kappa shape index (κ3) is 2.41. The molecule has 0 atom stereocenters. The molecule has 0 spiro atoms. The van der Waals surface area contributed by atoms with Gasteiger partial charge < -0.3 is 10.2 Å². The van der Waals surface area contributed by atoms with E-state index < -0.39 is 5.60 Å². The molecule has 0 saturated carbocycles. The summed E-state index contributed by atoms with van der Waals surface area (Å²) < 4.78 is 6.38. The van der Waals surface area contributed by atoms with E-state index in [1.54, 1.807) is 24.3 Å². The Morgan fingerprint density at radius 3 is 1.88 bits per heavy atom. The van der Waals surface area contributed by atoms with Gasteiger partial charge in [-0.05, 0) is 66.4 Å². The van der Waals surface area contributed by atoms with Gasteiger partial charge >= 0.3 is 0 Å². The zero-order valence-corrected chi connectivity index (χ0v) is 14.8. The molecule has 0 aromatic heterocycles. The molecule has 2 N–H and O–H groups in total. The summed E-state index contributed by atoms with van der Waals surface area (Å²) in [5, 5.41) is 19.7. The van der Waals surface area contributed by atoms with Crippen LogP contribution in [0.3, 0.4) is 0 Å². The van der Waals surface area contributed by atoms with Gasteiger partial charge in [-0.25, -0.2) is 0 Å². The van der Waals surface area contributed by atoms with E-state index in [1.807, 2.05) is 44.2 Å². The lowest BCUT2D eigenvalue weighted by atomic mass is 9.77. The van der Waals surface area contributed by atoms with Crippen LogP contribution in [0, 0.1) is 13.8 Å². The van der Waals surface area contributed by atoms with E-state index in [2.05, 4.69) is 6.07 Å². The molecule has 3 aromatic rings. The molecule has 0 saturated heterocycles. The van der Waals surface area contributed by atoms with Gasteiger partial charge in [0.15, 0.2) is 5.60 Å². The summed E-state index contributed by atoms with van der Waals surface area (Å²) in [7, 11) is 0. The first-order valence-electron chi connectivity index (χ1n) is 8.08. The van der Waals surface area contributed by atoms with Gasteiger partial charge in [0.1, 0.15) is 11.5 Å². The fraction of sp³-hybridized carbons (Fsp3) is 0.143. The van der Waals surface area contributed by atoms with Crippen molar-refractivity contribution in [3.63, 3.8) is 0 Å². The van der Waals surface area contributed by atoms with Crippen molar-refractivity contribution in [2.45, 2.75) is 24.3 Å². The summed E-state index contributed by atoms with van der Waals surface area (Å²) in [5.41, 5.74) is 4.15. The quantitative estimate of drug-likeness (QED) is 0.636. The van der Waals surface area contributed by atoms with Gasteiger partial charge in [0.25, 0.3) is 0 Å². The normalized spacial score (nSPS) is 15.1. The van der Waals surface area contributed by atoms with Gasteiger partial charge in [-0.1, -0.05) is 30.3 Å². The van der Waals surface area contributed by atoms with Crippen molar-refractivity contribution in [1.82, 2.24) is 0 Å². The topological polar surface area (TPSA) is 49.7 Å². The van der Waals surface area contributed by atoms with Crippen molar-refractivity contribution in [3.05, 3.63) is 88.5 Å². The summed E-state index contributed by atoms with van der Waals surface area (Å²) in [6.45, 7) is 3.95. The van der Waals surface area contributed by atoms with Crippen LogP contribution in [0.1, 0.15) is 27.8 Å². The smallest absolute Gasteiger partial charge is 0.160 e. The molecule has 0 fully saturated rings. The number of phenolic OH excluding ortho intramolecular Hbond substituents is 2. The molecule has 0 aliphatic carbocycles. The first-order chi connectivity index (χ1) is 12.0. The Balaban J connectivity index is 2.07. The van der Waals surface area contributed by atoms with Crippen LogP contribution in [0.2, 0.25) is 0 Å². The number of aromatic hydroxyl groups is 2. The highest BCUT2D eigenvalue weighted by molar-refractivity contribution is 7.95. The predicted octanol–water partition coefficient (Wildman–Crippen LogP) is 5.04. The minimum Gasteiger partial charge on any atom is -0.508 e. The monoisotopic (exact) mass is 350 g/mol. The first-order valence-corrected chi connectivity index (χ1v) is 8.82. The summed E-state index contributed by atoms with van der Waals surface area (Å²) >= 11 is 1.37. The highest BCUT2D eigenvalue weighted by Gasteiger charge is 2.46. The Labute approximate surface area is 151 Å². The molecular formula is C21H18O3S. The SMILES string of the molecule is Cc1cc(O)ccc1C1(c2ccc(O)cc2C)OSc2ccccc21. The van der Waals surface area contributed by atoms with Crippen LogP contribution in [0.5, 0.6) is 11.5 Å². The number of phenols is 2. The predicted molar refractivity (Wildman–Crippen MR) is 99.0 cm³/mol. The molecule has 4 rings (SSSR count). The number of fused-ring (bicyclic) bond motifs is 1. The van der Waals surface area contributed by atoms with Crippen LogP contribution >= 0.6 is 12.0 Å². The highest BCUT2D eigenvalue weighted by Crippen LogP contribution is 2.54. The maximum atomic E-state index is 9.84. The van der Waals surface area contributed by atoms with E-state index in [4.69, 9.17) is 4.18 Å². The average molecular weight is 350 g/mol. The molecule has 1 aliphatic rings. The maximum Gasteiger partial charge on any atom is 0.160 e. The van der Waals surface area contributed by atoms with Crippen LogP contribution in [0.25, 0.3) is 0 Å². The zero-order valence-electron chi connectivity index (χ0n) is 14.0. The minimum absolute atomic E-state index is 0.234. The van der Waals surface area contributed by atoms with E-state index in [0.29, 0.717) is 0 Å². The Morgan fingerprint density at radius 2 is 1.32 bits per heavy atom. The van der Waals surface area contributed by atoms with Crippen molar-refractivity contribution >= 4 is 12.0 Å². The number of benzene rings is 3. The summed E-state index contributed by atoms with van der Waals surface area (Å²) in [5.74, 6) is 0.468. The molecule has 0 amide bonds. The molecule has 4 heteroatoms. The molecule has 3 nitrogen and oxygen atoms in total. The van der Waals surface area contributed by atoms with Crippen LogP contribution < -0.4 is 0 Å². The summed E-state index contributed by atoms with van der Waals surface area (Å²) in [4.78, 5) is 1.07. The van der Waals surface area contributed by atoms with Gasteiger partial charge in [0.2, 0.25) is 0 Å². The molecule has 3 aromatic carbocycles. The number of hydrogen-bond donors (Lipinski definition) is 2. The first kappa shape index (κ1) is 16.1. The van der Waals surface area contributed by atoms with Crippen LogP contribution in [0.15, 0.2) is 65.6 Å². The highest BCUT2D eigenvalue weighted by atomic mass is 32.2. The lowest BCUT2D eigenvalue weighted by Gasteiger charge is -2.32. The third-order valence-corrected chi connectivity index (χ3v) is 5.57. The Morgan fingerprint density at radius 1 is 0.760 bits per heavy atom. The molecule has 1 heterocycles. The Bertz CT molecular complexity index is 914. The fourth-order valence-corrected chi connectivity index (χ4v) is 4.51. The van der Waals surface area contributed by atoms with E-state index in [-0.39, 0.29) is 11.5 Å². The van der Waals surface area contributed by atoms with Gasteiger partial charge in [-0.2, -0.15) is 0 Å². The fourth-order valence-electron chi connectivity index (χ4n) is 3.59. The standard InChI is InChI=1S/C21H18O3S/c1-13-11-15(22)7-9-17(13)21(18-10-8-16(23)12-14(18)2)19-5-3-4-6-20(19)25-24-21/h3-12,22-23H,1-2H3. The van der Waals surface area contributed by atoms with E-state index in [1.165, 1.54) is 12.0 Å². The molecule has 25 heavy (non-hydrogen) atoms. The minimum atomic E-state index is -0.781. The van der Waals surface area contributed by atoms with Gasteiger partial charge in [0.05, 0.1) is 0 Å². The van der Waals surface area contributed by atoms with Gasteiger partial charge in [0, 0.05) is 22.5 Å².